The van der Waals surface area contributed by atoms with Gasteiger partial charge >= 0.3 is 0 Å². The Bertz CT molecular complexity index is 398. The third kappa shape index (κ3) is 4.03. The Hall–Kier alpha value is -0.480. The second kappa shape index (κ2) is 7.07. The molecule has 6 heteroatoms. The van der Waals surface area contributed by atoms with Gasteiger partial charge in [0.05, 0.1) is 12.6 Å². The molecular weight excluding hydrogens is 282 g/mol. The van der Waals surface area contributed by atoms with Gasteiger partial charge in [0.2, 0.25) is 5.91 Å². The summed E-state index contributed by atoms with van der Waals surface area (Å²) in [6.45, 7) is 1.88. The summed E-state index contributed by atoms with van der Waals surface area (Å²) < 4.78 is 0. The number of hydrogen-bond acceptors (Lipinski definition) is 2. The van der Waals surface area contributed by atoms with Crippen molar-refractivity contribution in [3.8, 4) is 0 Å². The lowest BCUT2D eigenvalue weighted by Gasteiger charge is -2.25. The number of nitrogens with zero attached hydrogens (tertiary/aromatic N) is 1. The molecule has 0 saturated carbocycles. The van der Waals surface area contributed by atoms with Crippen molar-refractivity contribution in [3.05, 3.63) is 33.8 Å². The summed E-state index contributed by atoms with van der Waals surface area (Å²) in [5.41, 5.74) is 6.16. The van der Waals surface area contributed by atoms with Crippen molar-refractivity contribution in [2.45, 2.75) is 13.0 Å². The van der Waals surface area contributed by atoms with E-state index in [1.165, 1.54) is 0 Å². The number of rotatable bonds is 3. The molecule has 1 unspecified atom stereocenters. The number of amides is 1. The first-order chi connectivity index (χ1) is 7.47. The van der Waals surface area contributed by atoms with E-state index in [1.54, 1.807) is 24.1 Å². The van der Waals surface area contributed by atoms with E-state index in [1.807, 2.05) is 13.0 Å². The maximum atomic E-state index is 11.4. The number of halogens is 3. The van der Waals surface area contributed by atoms with Crippen LogP contribution in [0.3, 0.4) is 0 Å². The number of likely N-dealkylation sites (N-methyl/N-ethyl adjacent to an activating group) is 1. The Labute approximate surface area is 117 Å². The van der Waals surface area contributed by atoms with Crippen LogP contribution >= 0.6 is 35.6 Å². The zero-order valence-corrected chi connectivity index (χ0v) is 11.9. The topological polar surface area (TPSA) is 46.3 Å². The number of hydrogen-bond donors (Lipinski definition) is 1. The van der Waals surface area contributed by atoms with Crippen molar-refractivity contribution < 1.29 is 4.79 Å². The Kier molecular flexibility index (Phi) is 6.87. The van der Waals surface area contributed by atoms with Crippen molar-refractivity contribution in [3.63, 3.8) is 0 Å². The molecule has 3 nitrogen and oxygen atoms in total. The second-order valence-corrected chi connectivity index (χ2v) is 4.39. The highest BCUT2D eigenvalue weighted by molar-refractivity contribution is 6.35. The van der Waals surface area contributed by atoms with E-state index in [0.717, 1.165) is 5.56 Å². The molecule has 0 bridgehead atoms. The molecule has 0 aromatic heterocycles. The minimum absolute atomic E-state index is 0. The molecule has 1 aromatic carbocycles. The summed E-state index contributed by atoms with van der Waals surface area (Å²) in [4.78, 5) is 13.0. The predicted octanol–water partition coefficient (Wildman–Crippen LogP) is 2.89. The molecule has 0 aliphatic heterocycles. The lowest BCUT2D eigenvalue weighted by molar-refractivity contribution is -0.130. The Morgan fingerprint density at radius 3 is 2.53 bits per heavy atom. The highest BCUT2D eigenvalue weighted by atomic mass is 35.5. The smallest absolute Gasteiger partial charge is 0.236 e. The summed E-state index contributed by atoms with van der Waals surface area (Å²) in [6, 6.07) is 5.10. The number of benzene rings is 1. The molecule has 1 atom stereocenters. The van der Waals surface area contributed by atoms with E-state index in [0.29, 0.717) is 10.0 Å². The maximum absolute atomic E-state index is 11.4. The third-order valence-electron chi connectivity index (χ3n) is 2.56. The summed E-state index contributed by atoms with van der Waals surface area (Å²) in [5, 5.41) is 1.13. The van der Waals surface area contributed by atoms with Crippen LogP contribution in [0.25, 0.3) is 0 Å². The third-order valence-corrected chi connectivity index (χ3v) is 3.12. The molecule has 1 amide bonds. The monoisotopic (exact) mass is 296 g/mol. The van der Waals surface area contributed by atoms with Gasteiger partial charge in [0.1, 0.15) is 0 Å². The van der Waals surface area contributed by atoms with Crippen molar-refractivity contribution in [2.24, 2.45) is 5.73 Å². The molecular formula is C11H15Cl3N2O. The van der Waals surface area contributed by atoms with Crippen molar-refractivity contribution in [1.82, 2.24) is 4.90 Å². The van der Waals surface area contributed by atoms with E-state index in [4.69, 9.17) is 28.9 Å². The fourth-order valence-corrected chi connectivity index (χ4v) is 1.98. The van der Waals surface area contributed by atoms with E-state index < -0.39 is 0 Å². The molecule has 96 valence electrons. The van der Waals surface area contributed by atoms with Gasteiger partial charge in [-0.3, -0.25) is 4.79 Å². The number of carbonyl (C=O) groups excluding carboxylic acids is 1. The minimum Gasteiger partial charge on any atom is -0.338 e. The summed E-state index contributed by atoms with van der Waals surface area (Å²) in [6.07, 6.45) is 0. The predicted molar refractivity (Wildman–Crippen MR) is 73.9 cm³/mol. The quantitative estimate of drug-likeness (QED) is 0.932. The first kappa shape index (κ1) is 16.5. The van der Waals surface area contributed by atoms with Crippen LogP contribution in [0.2, 0.25) is 10.0 Å². The van der Waals surface area contributed by atoms with E-state index in [-0.39, 0.29) is 30.9 Å². The van der Waals surface area contributed by atoms with Crippen molar-refractivity contribution >= 4 is 41.5 Å². The summed E-state index contributed by atoms with van der Waals surface area (Å²) in [5.74, 6) is -0.126. The van der Waals surface area contributed by atoms with Crippen LogP contribution in [0.4, 0.5) is 0 Å². The summed E-state index contributed by atoms with van der Waals surface area (Å²) >= 11 is 11.9. The molecule has 1 aromatic rings. The largest absolute Gasteiger partial charge is 0.338 e. The molecule has 17 heavy (non-hydrogen) atoms. The van der Waals surface area contributed by atoms with Gasteiger partial charge in [-0.1, -0.05) is 29.3 Å². The maximum Gasteiger partial charge on any atom is 0.236 e. The Morgan fingerprint density at radius 1 is 1.47 bits per heavy atom. The first-order valence-corrected chi connectivity index (χ1v) is 5.63. The average molecular weight is 298 g/mol. The van der Waals surface area contributed by atoms with E-state index >= 15 is 0 Å². The second-order valence-electron chi connectivity index (χ2n) is 3.55. The van der Waals surface area contributed by atoms with Crippen LogP contribution in [0.15, 0.2) is 18.2 Å². The van der Waals surface area contributed by atoms with Gasteiger partial charge < -0.3 is 10.6 Å². The summed E-state index contributed by atoms with van der Waals surface area (Å²) in [7, 11) is 1.70. The van der Waals surface area contributed by atoms with E-state index in [9.17, 15) is 4.79 Å². The van der Waals surface area contributed by atoms with Crippen molar-refractivity contribution in [1.29, 1.82) is 0 Å². The van der Waals surface area contributed by atoms with Gasteiger partial charge in [-0.25, -0.2) is 0 Å². The molecule has 0 fully saturated rings. The normalized spacial score (nSPS) is 11.6. The fourth-order valence-electron chi connectivity index (χ4n) is 1.41. The van der Waals surface area contributed by atoms with Gasteiger partial charge in [0.25, 0.3) is 0 Å². The molecule has 2 N–H and O–H groups in total. The first-order valence-electron chi connectivity index (χ1n) is 4.88. The molecule has 1 rings (SSSR count). The van der Waals surface area contributed by atoms with E-state index in [2.05, 4.69) is 0 Å². The van der Waals surface area contributed by atoms with Crippen LogP contribution < -0.4 is 5.73 Å². The van der Waals surface area contributed by atoms with Crippen LogP contribution in [0.1, 0.15) is 18.5 Å². The minimum atomic E-state index is -0.126. The van der Waals surface area contributed by atoms with Gasteiger partial charge in [0, 0.05) is 17.1 Å². The molecule has 0 saturated heterocycles. The Balaban J connectivity index is 0.00000256. The molecule has 0 aliphatic carbocycles. The highest BCUT2D eigenvalue weighted by Gasteiger charge is 2.18. The molecule has 0 aliphatic rings. The molecule has 0 spiro atoms. The number of nitrogens with two attached hydrogens (primary N) is 1. The van der Waals surface area contributed by atoms with Crippen LogP contribution in [-0.4, -0.2) is 24.4 Å². The van der Waals surface area contributed by atoms with Crippen LogP contribution in [0, 0.1) is 0 Å². The Morgan fingerprint density at radius 2 is 2.06 bits per heavy atom. The van der Waals surface area contributed by atoms with Gasteiger partial charge in [-0.05, 0) is 24.6 Å². The standard InChI is InChI=1S/C11H14Cl2N2O.ClH/c1-7(15(2)11(16)6-14)9-4-3-8(12)5-10(9)13;/h3-5,7H,6,14H2,1-2H3;1H. The lowest BCUT2D eigenvalue weighted by atomic mass is 10.1. The van der Waals surface area contributed by atoms with Crippen LogP contribution in [-0.2, 0) is 4.79 Å². The van der Waals surface area contributed by atoms with Crippen molar-refractivity contribution in [2.75, 3.05) is 13.6 Å². The zero-order valence-electron chi connectivity index (χ0n) is 9.61. The van der Waals surface area contributed by atoms with Gasteiger partial charge in [-0.2, -0.15) is 0 Å². The SMILES string of the molecule is CC(c1ccc(Cl)cc1Cl)N(C)C(=O)CN.Cl. The number of carbonyl (C=O) groups is 1. The van der Waals surface area contributed by atoms with Gasteiger partial charge in [-0.15, -0.1) is 12.4 Å². The average Bonchev–Trinajstić information content (AvgIpc) is 2.26. The lowest BCUT2D eigenvalue weighted by Crippen LogP contribution is -2.34. The fraction of sp³-hybridized carbons (Fsp3) is 0.364. The van der Waals surface area contributed by atoms with Gasteiger partial charge in [0.15, 0.2) is 0 Å². The molecule has 0 heterocycles. The molecule has 0 radical (unpaired) electrons. The zero-order chi connectivity index (χ0) is 12.3. The highest BCUT2D eigenvalue weighted by Crippen LogP contribution is 2.28. The van der Waals surface area contributed by atoms with Crippen LogP contribution in [0.5, 0.6) is 0 Å².